The number of hydrogen-bond donors (Lipinski definition) is 0. The summed E-state index contributed by atoms with van der Waals surface area (Å²) in [6.07, 6.45) is 15.5. The number of benzene rings is 4. The number of carbonyl (C=O) groups excluding carboxylic acids is 4. The Labute approximate surface area is 321 Å². The summed E-state index contributed by atoms with van der Waals surface area (Å²) < 4.78 is 22.7. The van der Waals surface area contributed by atoms with Crippen LogP contribution in [0.1, 0.15) is 172 Å². The largest absolute Gasteiger partial charge is 0.462 e. The monoisotopic (exact) mass is 740 g/mol. The first-order valence-corrected chi connectivity index (χ1v) is 20.5. The number of ether oxygens (including phenoxy) is 4. The summed E-state index contributed by atoms with van der Waals surface area (Å²) in [7, 11) is 0. The number of hydrogen-bond acceptors (Lipinski definition) is 8. The number of rotatable bonds is 24. The highest BCUT2D eigenvalue weighted by Crippen LogP contribution is 2.38. The molecule has 8 nitrogen and oxygen atoms in total. The van der Waals surface area contributed by atoms with Gasteiger partial charge in [-0.3, -0.25) is 0 Å². The van der Waals surface area contributed by atoms with E-state index in [-0.39, 0.29) is 24.3 Å². The first-order chi connectivity index (χ1) is 26.3. The van der Waals surface area contributed by atoms with Gasteiger partial charge in [-0.15, -0.1) is 0 Å². The van der Waals surface area contributed by atoms with Crippen LogP contribution in [0.3, 0.4) is 0 Å². The van der Waals surface area contributed by atoms with Crippen LogP contribution in [-0.2, 0) is 18.9 Å². The van der Waals surface area contributed by atoms with E-state index >= 15 is 0 Å². The third kappa shape index (κ3) is 11.8. The first-order valence-electron chi connectivity index (χ1n) is 20.5. The summed E-state index contributed by atoms with van der Waals surface area (Å²) >= 11 is 0. The lowest BCUT2D eigenvalue weighted by Gasteiger charge is -2.16. The van der Waals surface area contributed by atoms with Crippen molar-refractivity contribution in [1.82, 2.24) is 0 Å². The molecular weight excluding hydrogens is 680 g/mol. The molecule has 0 unspecified atom stereocenters. The van der Waals surface area contributed by atoms with E-state index in [4.69, 9.17) is 18.9 Å². The zero-order valence-electron chi connectivity index (χ0n) is 33.0. The molecule has 4 aromatic rings. The SMILES string of the molecule is CCCCCCOC(=O)c1ccc2c(c1)c1ccc(C(=O)OCCCCCC)cc1c1cc(C(=O)OCCCCCC)c(C(=O)OCCCCCC)cc21. The van der Waals surface area contributed by atoms with Gasteiger partial charge < -0.3 is 18.9 Å². The smallest absolute Gasteiger partial charge is 0.339 e. The van der Waals surface area contributed by atoms with Crippen molar-refractivity contribution in [2.75, 3.05) is 26.4 Å². The molecule has 0 atom stereocenters. The minimum absolute atomic E-state index is 0.115. The molecule has 8 heteroatoms. The van der Waals surface area contributed by atoms with Crippen LogP contribution in [0.15, 0.2) is 48.5 Å². The lowest BCUT2D eigenvalue weighted by molar-refractivity contribution is 0.0451. The number of esters is 4. The van der Waals surface area contributed by atoms with E-state index in [9.17, 15) is 19.2 Å². The Bertz CT molecular complexity index is 1820. The van der Waals surface area contributed by atoms with Crippen LogP contribution in [0.2, 0.25) is 0 Å². The van der Waals surface area contributed by atoms with Crippen molar-refractivity contribution in [3.8, 4) is 0 Å². The highest BCUT2D eigenvalue weighted by molar-refractivity contribution is 6.28. The van der Waals surface area contributed by atoms with Crippen molar-refractivity contribution < 1.29 is 38.1 Å². The summed E-state index contributed by atoms with van der Waals surface area (Å²) in [5.74, 6) is -2.03. The van der Waals surface area contributed by atoms with Gasteiger partial charge >= 0.3 is 23.9 Å². The van der Waals surface area contributed by atoms with Gasteiger partial charge in [-0.25, -0.2) is 19.2 Å². The third-order valence-corrected chi connectivity index (χ3v) is 9.90. The first kappa shape index (κ1) is 42.3. The normalized spacial score (nSPS) is 11.3. The van der Waals surface area contributed by atoms with E-state index in [1.807, 2.05) is 12.1 Å². The number of fused-ring (bicyclic) bond motifs is 6. The molecule has 0 saturated carbocycles. The lowest BCUT2D eigenvalue weighted by atomic mass is 9.89. The Morgan fingerprint density at radius 1 is 0.352 bits per heavy atom. The molecule has 0 spiro atoms. The van der Waals surface area contributed by atoms with Crippen LogP contribution in [0.4, 0.5) is 0 Å². The molecule has 4 rings (SSSR count). The van der Waals surface area contributed by atoms with Crippen molar-refractivity contribution in [2.45, 2.75) is 130 Å². The predicted octanol–water partition coefficient (Wildman–Crippen LogP) is 12.1. The standard InChI is InChI=1S/C46H60O8/c1-5-9-13-17-25-51-43(47)33-22-24-36-37(29-33)35-23-21-34(44(48)52-26-18-14-10-6-2)30-38(35)40-32-42(46(50)54-28-20-16-12-8-4)41(31-39(36)40)45(49)53-27-19-15-11-7-3/h21-24,29-32H,5-20,25-28H2,1-4H3. The lowest BCUT2D eigenvalue weighted by Crippen LogP contribution is -2.15. The molecule has 0 heterocycles. The molecular formula is C46H60O8. The van der Waals surface area contributed by atoms with Gasteiger partial charge in [-0.1, -0.05) is 117 Å². The average Bonchev–Trinajstić information content (AvgIpc) is 3.19. The van der Waals surface area contributed by atoms with E-state index in [2.05, 4.69) is 27.7 Å². The third-order valence-electron chi connectivity index (χ3n) is 9.90. The van der Waals surface area contributed by atoms with Gasteiger partial charge in [0.05, 0.1) is 48.7 Å². The number of unbranched alkanes of at least 4 members (excludes halogenated alkanes) is 12. The van der Waals surface area contributed by atoms with Crippen LogP contribution >= 0.6 is 0 Å². The molecule has 54 heavy (non-hydrogen) atoms. The minimum Gasteiger partial charge on any atom is -0.462 e. The maximum atomic E-state index is 13.7. The molecule has 0 radical (unpaired) electrons. The number of carbonyl (C=O) groups is 4. The fourth-order valence-corrected chi connectivity index (χ4v) is 6.74. The van der Waals surface area contributed by atoms with Gasteiger partial charge in [0.15, 0.2) is 0 Å². The fourth-order valence-electron chi connectivity index (χ4n) is 6.74. The van der Waals surface area contributed by atoms with Gasteiger partial charge in [0.1, 0.15) is 0 Å². The van der Waals surface area contributed by atoms with Crippen molar-refractivity contribution in [1.29, 1.82) is 0 Å². The summed E-state index contributed by atoms with van der Waals surface area (Å²) in [5.41, 5.74) is 1.01. The average molecular weight is 741 g/mol. The van der Waals surface area contributed by atoms with Crippen molar-refractivity contribution in [3.63, 3.8) is 0 Å². The Morgan fingerprint density at radius 2 is 0.648 bits per heavy atom. The predicted molar refractivity (Wildman–Crippen MR) is 217 cm³/mol. The van der Waals surface area contributed by atoms with Gasteiger partial charge in [-0.2, -0.15) is 0 Å². The van der Waals surface area contributed by atoms with Crippen molar-refractivity contribution in [2.24, 2.45) is 0 Å². The van der Waals surface area contributed by atoms with E-state index in [0.717, 1.165) is 119 Å². The Kier molecular flexibility index (Phi) is 17.8. The quantitative estimate of drug-likeness (QED) is 0.0302. The zero-order valence-corrected chi connectivity index (χ0v) is 33.0. The zero-order chi connectivity index (χ0) is 38.7. The van der Waals surface area contributed by atoms with Crippen LogP contribution in [0, 0.1) is 0 Å². The molecule has 292 valence electrons. The highest BCUT2D eigenvalue weighted by Gasteiger charge is 2.24. The van der Waals surface area contributed by atoms with Crippen molar-refractivity contribution >= 4 is 56.2 Å². The van der Waals surface area contributed by atoms with E-state index in [0.29, 0.717) is 40.5 Å². The molecule has 0 amide bonds. The molecule has 0 aliphatic rings. The van der Waals surface area contributed by atoms with E-state index < -0.39 is 23.9 Å². The highest BCUT2D eigenvalue weighted by atomic mass is 16.5. The van der Waals surface area contributed by atoms with Gasteiger partial charge in [0.25, 0.3) is 0 Å². The molecule has 0 aliphatic carbocycles. The Hall–Kier alpha value is -4.46. The second kappa shape index (κ2) is 22.7. The Balaban J connectivity index is 1.85. The summed E-state index contributed by atoms with van der Waals surface area (Å²) in [6.45, 7) is 9.68. The minimum atomic E-state index is -0.598. The van der Waals surface area contributed by atoms with E-state index in [1.165, 1.54) is 0 Å². The topological polar surface area (TPSA) is 105 Å². The molecule has 0 bridgehead atoms. The molecule has 0 aromatic heterocycles. The second-order valence-corrected chi connectivity index (χ2v) is 14.3. The van der Waals surface area contributed by atoms with Gasteiger partial charge in [0, 0.05) is 0 Å². The van der Waals surface area contributed by atoms with Crippen LogP contribution in [0.25, 0.3) is 32.3 Å². The van der Waals surface area contributed by atoms with Crippen LogP contribution < -0.4 is 0 Å². The maximum Gasteiger partial charge on any atom is 0.339 e. The van der Waals surface area contributed by atoms with Gasteiger partial charge in [0.2, 0.25) is 0 Å². The van der Waals surface area contributed by atoms with Crippen LogP contribution in [0.5, 0.6) is 0 Å². The summed E-state index contributed by atoms with van der Waals surface area (Å²) in [5, 5.41) is 4.33. The van der Waals surface area contributed by atoms with Crippen molar-refractivity contribution in [3.05, 3.63) is 70.8 Å². The molecule has 0 aliphatic heterocycles. The molecule has 0 saturated heterocycles. The maximum absolute atomic E-state index is 13.7. The summed E-state index contributed by atoms with van der Waals surface area (Å²) in [6, 6.07) is 14.1. The van der Waals surface area contributed by atoms with E-state index in [1.54, 1.807) is 36.4 Å². The molecule has 4 aromatic carbocycles. The summed E-state index contributed by atoms with van der Waals surface area (Å²) in [4.78, 5) is 54.0. The fraction of sp³-hybridized carbons (Fsp3) is 0.522. The molecule has 0 N–H and O–H groups in total. The second-order valence-electron chi connectivity index (χ2n) is 14.3. The Morgan fingerprint density at radius 3 is 1.00 bits per heavy atom. The van der Waals surface area contributed by atoms with Gasteiger partial charge in [-0.05, 0) is 94.4 Å². The molecule has 0 fully saturated rings. The van der Waals surface area contributed by atoms with Crippen LogP contribution in [-0.4, -0.2) is 50.3 Å².